The highest BCUT2D eigenvalue weighted by Gasteiger charge is 2.19. The second-order valence-corrected chi connectivity index (χ2v) is 4.99. The van der Waals surface area contributed by atoms with Crippen molar-refractivity contribution in [1.29, 1.82) is 0 Å². The number of anilines is 1. The quantitative estimate of drug-likeness (QED) is 0.805. The van der Waals surface area contributed by atoms with Crippen LogP contribution in [0.25, 0.3) is 0 Å². The van der Waals surface area contributed by atoms with Gasteiger partial charge in [0.1, 0.15) is 0 Å². The predicted molar refractivity (Wildman–Crippen MR) is 73.1 cm³/mol. The maximum absolute atomic E-state index is 12.0. The van der Waals surface area contributed by atoms with Crippen molar-refractivity contribution in [3.05, 3.63) is 29.8 Å². The number of benzene rings is 1. The molecule has 2 rings (SSSR count). The van der Waals surface area contributed by atoms with Crippen LogP contribution in [-0.4, -0.2) is 24.0 Å². The van der Waals surface area contributed by atoms with Gasteiger partial charge < -0.3 is 16.0 Å². The van der Waals surface area contributed by atoms with E-state index in [9.17, 15) is 4.79 Å². The fraction of sp³-hybridized carbons (Fsp3) is 0.500. The number of para-hydroxylation sites is 1. The number of nitrogens with one attached hydrogen (secondary N) is 1. The van der Waals surface area contributed by atoms with Crippen LogP contribution in [0.15, 0.2) is 24.3 Å². The van der Waals surface area contributed by atoms with Crippen LogP contribution in [0.4, 0.5) is 10.5 Å². The molecule has 1 aromatic carbocycles. The summed E-state index contributed by atoms with van der Waals surface area (Å²) in [6.07, 6.45) is 4.65. The molecular formula is C14H21N3O. The van der Waals surface area contributed by atoms with E-state index in [1.807, 2.05) is 24.3 Å². The number of hydrogen-bond acceptors (Lipinski definition) is 2. The normalized spacial score (nSPS) is 15.6. The average Bonchev–Trinajstić information content (AvgIpc) is 2.84. The lowest BCUT2D eigenvalue weighted by molar-refractivity contribution is 0.203. The van der Waals surface area contributed by atoms with Crippen molar-refractivity contribution in [2.75, 3.05) is 12.8 Å². The number of hydrogen-bond donors (Lipinski definition) is 2. The van der Waals surface area contributed by atoms with Crippen LogP contribution < -0.4 is 11.1 Å². The summed E-state index contributed by atoms with van der Waals surface area (Å²) in [6, 6.07) is 8.00. The van der Waals surface area contributed by atoms with Gasteiger partial charge in [0.2, 0.25) is 0 Å². The van der Waals surface area contributed by atoms with E-state index in [1.165, 1.54) is 12.8 Å². The molecule has 0 heterocycles. The summed E-state index contributed by atoms with van der Waals surface area (Å²) in [6.45, 7) is 0.547. The van der Waals surface area contributed by atoms with E-state index >= 15 is 0 Å². The van der Waals surface area contributed by atoms with E-state index in [2.05, 4.69) is 5.32 Å². The summed E-state index contributed by atoms with van der Waals surface area (Å²) in [7, 11) is 1.80. The maximum Gasteiger partial charge on any atom is 0.317 e. The molecule has 0 unspecified atom stereocenters. The zero-order chi connectivity index (χ0) is 13.0. The lowest BCUT2D eigenvalue weighted by atomic mass is 10.2. The molecular weight excluding hydrogens is 226 g/mol. The first-order valence-corrected chi connectivity index (χ1v) is 6.52. The average molecular weight is 247 g/mol. The van der Waals surface area contributed by atoms with Gasteiger partial charge in [-0.3, -0.25) is 0 Å². The number of nitrogen functional groups attached to an aromatic ring is 1. The number of carbonyl (C=O) groups excluding carboxylic acids is 1. The first-order chi connectivity index (χ1) is 8.66. The highest BCUT2D eigenvalue weighted by molar-refractivity contribution is 5.74. The molecule has 1 aliphatic rings. The van der Waals surface area contributed by atoms with Crippen molar-refractivity contribution in [2.45, 2.75) is 38.3 Å². The fourth-order valence-corrected chi connectivity index (χ4v) is 2.36. The minimum atomic E-state index is -0.00912. The zero-order valence-corrected chi connectivity index (χ0v) is 10.9. The molecule has 0 radical (unpaired) electrons. The van der Waals surface area contributed by atoms with Crippen LogP contribution in [0.2, 0.25) is 0 Å². The Bertz CT molecular complexity index is 413. The molecule has 0 aromatic heterocycles. The first-order valence-electron chi connectivity index (χ1n) is 6.52. The van der Waals surface area contributed by atoms with Crippen molar-refractivity contribution in [3.63, 3.8) is 0 Å². The smallest absolute Gasteiger partial charge is 0.317 e. The lowest BCUT2D eigenvalue weighted by Gasteiger charge is -2.21. The third-order valence-corrected chi connectivity index (χ3v) is 3.49. The summed E-state index contributed by atoms with van der Waals surface area (Å²) in [5.74, 6) is 0. The molecule has 0 atom stereocenters. The van der Waals surface area contributed by atoms with Crippen LogP contribution in [-0.2, 0) is 6.54 Å². The Morgan fingerprint density at radius 2 is 2.06 bits per heavy atom. The van der Waals surface area contributed by atoms with Gasteiger partial charge in [0, 0.05) is 25.3 Å². The van der Waals surface area contributed by atoms with Gasteiger partial charge in [-0.15, -0.1) is 0 Å². The van der Waals surface area contributed by atoms with E-state index in [0.29, 0.717) is 12.6 Å². The molecule has 4 heteroatoms. The molecule has 1 aliphatic carbocycles. The van der Waals surface area contributed by atoms with Gasteiger partial charge >= 0.3 is 6.03 Å². The maximum atomic E-state index is 12.0. The Morgan fingerprint density at radius 3 is 2.72 bits per heavy atom. The molecule has 0 aliphatic heterocycles. The highest BCUT2D eigenvalue weighted by atomic mass is 16.2. The van der Waals surface area contributed by atoms with Crippen molar-refractivity contribution < 1.29 is 4.79 Å². The van der Waals surface area contributed by atoms with Crippen LogP contribution in [0.5, 0.6) is 0 Å². The summed E-state index contributed by atoms with van der Waals surface area (Å²) in [5, 5.41) is 3.06. The topological polar surface area (TPSA) is 58.4 Å². The van der Waals surface area contributed by atoms with Crippen LogP contribution in [0, 0.1) is 0 Å². The molecule has 3 N–H and O–H groups in total. The second kappa shape index (κ2) is 5.76. The minimum absolute atomic E-state index is 0.00912. The van der Waals surface area contributed by atoms with Crippen LogP contribution >= 0.6 is 0 Å². The zero-order valence-electron chi connectivity index (χ0n) is 10.9. The monoisotopic (exact) mass is 247 g/mol. The van der Waals surface area contributed by atoms with Crippen LogP contribution in [0.3, 0.4) is 0 Å². The third-order valence-electron chi connectivity index (χ3n) is 3.49. The standard InChI is InChI=1S/C14H21N3O/c1-17(10-11-6-2-5-9-13(11)15)14(18)16-12-7-3-4-8-12/h2,5-6,9,12H,3-4,7-8,10,15H2,1H3,(H,16,18). The Labute approximate surface area is 108 Å². The molecule has 0 spiro atoms. The fourth-order valence-electron chi connectivity index (χ4n) is 2.36. The molecule has 1 fully saturated rings. The second-order valence-electron chi connectivity index (χ2n) is 4.99. The van der Waals surface area contributed by atoms with E-state index in [4.69, 9.17) is 5.73 Å². The summed E-state index contributed by atoms with van der Waals surface area (Å²) >= 11 is 0. The molecule has 2 amide bonds. The number of urea groups is 1. The number of nitrogens with zero attached hydrogens (tertiary/aromatic N) is 1. The van der Waals surface area contributed by atoms with E-state index in [0.717, 1.165) is 24.1 Å². The van der Waals surface area contributed by atoms with Gasteiger partial charge in [-0.05, 0) is 24.5 Å². The molecule has 0 saturated heterocycles. The SMILES string of the molecule is CN(Cc1ccccc1N)C(=O)NC1CCCC1. The summed E-state index contributed by atoms with van der Waals surface area (Å²) in [5.41, 5.74) is 7.60. The van der Waals surface area contributed by atoms with Crippen LogP contribution in [0.1, 0.15) is 31.2 Å². The molecule has 4 nitrogen and oxygen atoms in total. The number of amides is 2. The molecule has 18 heavy (non-hydrogen) atoms. The highest BCUT2D eigenvalue weighted by Crippen LogP contribution is 2.18. The molecule has 1 saturated carbocycles. The Kier molecular flexibility index (Phi) is 4.07. The van der Waals surface area contributed by atoms with E-state index < -0.39 is 0 Å². The van der Waals surface area contributed by atoms with Crippen molar-refractivity contribution in [3.8, 4) is 0 Å². The Morgan fingerprint density at radius 1 is 1.39 bits per heavy atom. The van der Waals surface area contributed by atoms with Gasteiger partial charge in [0.05, 0.1) is 0 Å². The minimum Gasteiger partial charge on any atom is -0.398 e. The molecule has 1 aromatic rings. The predicted octanol–water partition coefficient (Wildman–Crippen LogP) is 2.35. The van der Waals surface area contributed by atoms with Crippen molar-refractivity contribution >= 4 is 11.7 Å². The van der Waals surface area contributed by atoms with Gasteiger partial charge in [-0.1, -0.05) is 31.0 Å². The molecule has 98 valence electrons. The summed E-state index contributed by atoms with van der Waals surface area (Å²) in [4.78, 5) is 13.7. The Balaban J connectivity index is 1.89. The first kappa shape index (κ1) is 12.7. The van der Waals surface area contributed by atoms with Gasteiger partial charge in [-0.25, -0.2) is 4.79 Å². The summed E-state index contributed by atoms with van der Waals surface area (Å²) < 4.78 is 0. The van der Waals surface area contributed by atoms with Gasteiger partial charge in [-0.2, -0.15) is 0 Å². The number of rotatable bonds is 3. The van der Waals surface area contributed by atoms with Gasteiger partial charge in [0.25, 0.3) is 0 Å². The van der Waals surface area contributed by atoms with E-state index in [-0.39, 0.29) is 6.03 Å². The van der Waals surface area contributed by atoms with Crippen molar-refractivity contribution in [2.24, 2.45) is 0 Å². The van der Waals surface area contributed by atoms with E-state index in [1.54, 1.807) is 11.9 Å². The molecule has 0 bridgehead atoms. The van der Waals surface area contributed by atoms with Gasteiger partial charge in [0.15, 0.2) is 0 Å². The number of carbonyl (C=O) groups is 1. The lowest BCUT2D eigenvalue weighted by Crippen LogP contribution is -2.41. The van der Waals surface area contributed by atoms with Crippen molar-refractivity contribution in [1.82, 2.24) is 10.2 Å². The largest absolute Gasteiger partial charge is 0.398 e. The number of nitrogens with two attached hydrogens (primary N) is 1. The third kappa shape index (κ3) is 3.15. The Hall–Kier alpha value is -1.71.